The number of hydrogen-bond donors (Lipinski definition) is 2. The van der Waals surface area contributed by atoms with Crippen molar-refractivity contribution in [2.75, 3.05) is 6.61 Å². The molecule has 0 aliphatic carbocycles. The van der Waals surface area contributed by atoms with Gasteiger partial charge in [-0.15, -0.1) is 17.0 Å². The van der Waals surface area contributed by atoms with Gasteiger partial charge in [-0.25, -0.2) is 5.90 Å². The number of hydrogen-bond acceptors (Lipinski definition) is 3. The summed E-state index contributed by atoms with van der Waals surface area (Å²) in [5.74, 6) is 4.71. The maximum absolute atomic E-state index is 4.71. The molecule has 0 aliphatic rings. The summed E-state index contributed by atoms with van der Waals surface area (Å²) in [5, 5.41) is 0. The van der Waals surface area contributed by atoms with Crippen LogP contribution in [0.2, 0.25) is 0 Å². The van der Waals surface area contributed by atoms with Gasteiger partial charge in [0, 0.05) is 16.8 Å². The molecule has 0 aromatic carbocycles. The molecule has 0 unspecified atom stereocenters. The Hall–Kier alpha value is 0.866. The average molecular weight is 246 g/mol. The maximum atomic E-state index is 4.71. The van der Waals surface area contributed by atoms with Gasteiger partial charge in [0.25, 0.3) is 0 Å². The number of unbranched alkanes of at least 4 members (excludes halogenated alkanes) is 1. The molecule has 0 aromatic rings. The summed E-state index contributed by atoms with van der Waals surface area (Å²) < 4.78 is 0. The summed E-state index contributed by atoms with van der Waals surface area (Å²) in [6.07, 6.45) is 2.22. The molecule has 0 amide bonds. The van der Waals surface area contributed by atoms with Crippen LogP contribution >= 0.6 is 17.0 Å². The number of rotatable bonds is 3. The summed E-state index contributed by atoms with van der Waals surface area (Å²) >= 11 is 0. The van der Waals surface area contributed by atoms with E-state index in [4.69, 9.17) is 5.90 Å². The average Bonchev–Trinajstić information content (AvgIpc) is 1.61. The predicted octanol–water partition coefficient (Wildman–Crippen LogP) is 1.41. The molecule has 0 heterocycles. The van der Waals surface area contributed by atoms with Crippen molar-refractivity contribution in [2.24, 2.45) is 5.90 Å². The van der Waals surface area contributed by atoms with Crippen molar-refractivity contribution >= 4 is 17.0 Å². The molecule has 1 radical (unpaired) electrons. The quantitative estimate of drug-likeness (QED) is 0.584. The molecule has 0 spiro atoms. The van der Waals surface area contributed by atoms with E-state index in [9.17, 15) is 0 Å². The fourth-order valence-corrected chi connectivity index (χ4v) is 0.228. The first-order chi connectivity index (χ1) is 2.91. The van der Waals surface area contributed by atoms with Crippen molar-refractivity contribution < 1.29 is 21.6 Å². The zero-order chi connectivity index (χ0) is 4.83. The van der Waals surface area contributed by atoms with E-state index in [0.29, 0.717) is 6.61 Å². The topological polar surface area (TPSA) is 70.2 Å². The van der Waals surface area contributed by atoms with Crippen LogP contribution in [0.5, 0.6) is 0 Å². The SMILES string of the molecule is Br.CCCCON.N.[Co]. The fraction of sp³-hybridized carbons (Fsp3) is 1.00. The predicted molar refractivity (Wildman–Crippen MR) is 40.4 cm³/mol. The van der Waals surface area contributed by atoms with Crippen molar-refractivity contribution in [3.8, 4) is 0 Å². The fourth-order valence-electron chi connectivity index (χ4n) is 0.228. The molecule has 0 bridgehead atoms. The van der Waals surface area contributed by atoms with Crippen molar-refractivity contribution in [3.05, 3.63) is 0 Å². The van der Waals surface area contributed by atoms with Crippen LogP contribution in [-0.4, -0.2) is 6.61 Å². The second kappa shape index (κ2) is 23.2. The number of halogens is 1. The molecule has 0 rings (SSSR count). The van der Waals surface area contributed by atoms with Crippen molar-refractivity contribution in [1.82, 2.24) is 6.15 Å². The van der Waals surface area contributed by atoms with Gasteiger partial charge in [-0.1, -0.05) is 13.3 Å². The summed E-state index contributed by atoms with van der Waals surface area (Å²) in [5.41, 5.74) is 0. The molecule has 0 atom stereocenters. The Bertz CT molecular complexity index is 30.5. The van der Waals surface area contributed by atoms with Gasteiger partial charge in [-0.2, -0.15) is 0 Å². The third-order valence-electron chi connectivity index (χ3n) is 0.616. The molecule has 3 nitrogen and oxygen atoms in total. The minimum absolute atomic E-state index is 0. The van der Waals surface area contributed by atoms with E-state index in [0.717, 1.165) is 12.8 Å². The molecule has 5 N–H and O–H groups in total. The van der Waals surface area contributed by atoms with Crippen LogP contribution in [-0.2, 0) is 21.6 Å². The van der Waals surface area contributed by atoms with Crippen molar-refractivity contribution in [3.63, 3.8) is 0 Å². The van der Waals surface area contributed by atoms with Crippen LogP contribution in [0.3, 0.4) is 0 Å². The molecule has 0 aliphatic heterocycles. The van der Waals surface area contributed by atoms with E-state index in [1.54, 1.807) is 0 Å². The van der Waals surface area contributed by atoms with Gasteiger partial charge in [-0.3, -0.25) is 0 Å². The van der Waals surface area contributed by atoms with Gasteiger partial charge in [0.15, 0.2) is 0 Å². The van der Waals surface area contributed by atoms with Gasteiger partial charge in [0.2, 0.25) is 0 Å². The first-order valence-electron chi connectivity index (χ1n) is 2.23. The Kier molecular flexibility index (Phi) is 58.0. The Labute approximate surface area is 77.2 Å². The molecule has 0 fully saturated rings. The van der Waals surface area contributed by atoms with Crippen molar-refractivity contribution in [2.45, 2.75) is 19.8 Å². The van der Waals surface area contributed by atoms with Crippen LogP contribution < -0.4 is 12.0 Å². The van der Waals surface area contributed by atoms with Gasteiger partial charge in [0.1, 0.15) is 0 Å². The summed E-state index contributed by atoms with van der Waals surface area (Å²) in [6.45, 7) is 2.79. The summed E-state index contributed by atoms with van der Waals surface area (Å²) in [7, 11) is 0. The minimum atomic E-state index is 0. The Morgan fingerprint density at radius 3 is 2.00 bits per heavy atom. The van der Waals surface area contributed by atoms with E-state index >= 15 is 0 Å². The second-order valence-electron chi connectivity index (χ2n) is 1.22. The van der Waals surface area contributed by atoms with Gasteiger partial charge in [-0.05, 0) is 6.42 Å². The van der Waals surface area contributed by atoms with Crippen LogP contribution in [0.4, 0.5) is 0 Å². The minimum Gasteiger partial charge on any atom is -0.344 e. The zero-order valence-corrected chi connectivity index (χ0v) is 8.31. The summed E-state index contributed by atoms with van der Waals surface area (Å²) in [4.78, 5) is 4.28. The van der Waals surface area contributed by atoms with Crippen LogP contribution in [0, 0.1) is 0 Å². The molecule has 9 heavy (non-hydrogen) atoms. The maximum Gasteiger partial charge on any atom is 0.0679 e. The van der Waals surface area contributed by atoms with Crippen LogP contribution in [0.1, 0.15) is 19.8 Å². The molecule has 63 valence electrons. The van der Waals surface area contributed by atoms with Gasteiger partial charge < -0.3 is 11.0 Å². The largest absolute Gasteiger partial charge is 0.344 e. The van der Waals surface area contributed by atoms with E-state index in [-0.39, 0.29) is 39.9 Å². The van der Waals surface area contributed by atoms with Crippen LogP contribution in [0.25, 0.3) is 0 Å². The standard InChI is InChI=1S/C4H11NO.BrH.Co.H3N/c1-2-3-4-6-5;;;/h2-5H2,1H3;1H;;1H3. The number of nitrogens with two attached hydrogens (primary N) is 1. The molecule has 0 saturated heterocycles. The van der Waals surface area contributed by atoms with Crippen molar-refractivity contribution in [1.29, 1.82) is 0 Å². The van der Waals surface area contributed by atoms with E-state index in [1.165, 1.54) is 0 Å². The first-order valence-corrected chi connectivity index (χ1v) is 2.23. The molecule has 0 saturated carbocycles. The normalized spacial score (nSPS) is 6.00. The first kappa shape index (κ1) is 22.5. The molecule has 0 aromatic heterocycles. The van der Waals surface area contributed by atoms with E-state index in [2.05, 4.69) is 11.8 Å². The second-order valence-corrected chi connectivity index (χ2v) is 1.22. The molecular formula is C4H15BrCoN2O. The van der Waals surface area contributed by atoms with Crippen LogP contribution in [0.15, 0.2) is 0 Å². The van der Waals surface area contributed by atoms with E-state index < -0.39 is 0 Å². The monoisotopic (exact) mass is 245 g/mol. The third-order valence-corrected chi connectivity index (χ3v) is 0.616. The zero-order valence-electron chi connectivity index (χ0n) is 5.56. The third kappa shape index (κ3) is 28.0. The Morgan fingerprint density at radius 1 is 1.44 bits per heavy atom. The Balaban J connectivity index is -0.0000000417. The van der Waals surface area contributed by atoms with E-state index in [1.807, 2.05) is 0 Å². The summed E-state index contributed by atoms with van der Waals surface area (Å²) in [6, 6.07) is 0. The Morgan fingerprint density at radius 2 is 1.89 bits per heavy atom. The molecular weight excluding hydrogens is 231 g/mol. The van der Waals surface area contributed by atoms with Gasteiger partial charge in [0.05, 0.1) is 6.61 Å². The molecule has 5 heteroatoms. The smallest absolute Gasteiger partial charge is 0.0679 e. The van der Waals surface area contributed by atoms with Gasteiger partial charge >= 0.3 is 0 Å².